The van der Waals surface area contributed by atoms with Crippen molar-refractivity contribution in [1.82, 2.24) is 9.97 Å². The van der Waals surface area contributed by atoms with Crippen LogP contribution < -0.4 is 15.8 Å². The molecule has 0 spiro atoms. The smallest absolute Gasteiger partial charge is 0.275 e. The number of aliphatic imine (C=N–C) groups is 1. The third-order valence-electron chi connectivity index (χ3n) is 5.41. The molecule has 2 aliphatic heterocycles. The molecule has 32 heavy (non-hydrogen) atoms. The van der Waals surface area contributed by atoms with E-state index in [0.717, 1.165) is 17.2 Å². The summed E-state index contributed by atoms with van der Waals surface area (Å²) < 4.78 is 11.6. The SMILES string of the molecule is CC#CCOc1ccc(C(=O)Nc2csc(C34COC(C)(C)C[C@@H]3CSC(N)=N4)n2)nc1. The standard InChI is InChI=1S/C22H25N5O3S2/c1-4-5-8-29-15-6-7-16(24-10-15)18(28)25-17-12-31-19(26-17)22-13-30-21(2,3)9-14(22)11-32-20(23)27-22/h6-7,10,12,14H,8-9,11,13H2,1-3H3,(H2,23,27)(H,25,28)/t14-,22?/m1/s1. The number of anilines is 1. The quantitative estimate of drug-likeness (QED) is 0.644. The molecule has 0 saturated carbocycles. The summed E-state index contributed by atoms with van der Waals surface area (Å²) >= 11 is 3.03. The molecule has 10 heteroatoms. The maximum absolute atomic E-state index is 12.6. The molecule has 0 radical (unpaired) electrons. The van der Waals surface area contributed by atoms with Gasteiger partial charge in [-0.1, -0.05) is 17.7 Å². The normalized spacial score (nSPS) is 23.8. The Bertz CT molecular complexity index is 1090. The maximum Gasteiger partial charge on any atom is 0.275 e. The molecule has 8 nitrogen and oxygen atoms in total. The first kappa shape index (κ1) is 22.6. The number of hydrogen-bond donors (Lipinski definition) is 2. The van der Waals surface area contributed by atoms with Gasteiger partial charge >= 0.3 is 0 Å². The Morgan fingerprint density at radius 2 is 2.28 bits per heavy atom. The highest BCUT2D eigenvalue weighted by Crippen LogP contribution is 2.49. The minimum atomic E-state index is -0.614. The Labute approximate surface area is 195 Å². The second kappa shape index (κ2) is 9.10. The number of carbonyl (C=O) groups is 1. The zero-order valence-corrected chi connectivity index (χ0v) is 19.8. The first-order chi connectivity index (χ1) is 15.3. The summed E-state index contributed by atoms with van der Waals surface area (Å²) in [7, 11) is 0. The average Bonchev–Trinajstić information content (AvgIpc) is 3.23. The summed E-state index contributed by atoms with van der Waals surface area (Å²) in [5, 5.41) is 5.97. The molecule has 1 saturated heterocycles. The van der Waals surface area contributed by atoms with Crippen molar-refractivity contribution in [1.29, 1.82) is 0 Å². The van der Waals surface area contributed by atoms with Gasteiger partial charge in [0.2, 0.25) is 0 Å². The minimum Gasteiger partial charge on any atom is -0.479 e. The van der Waals surface area contributed by atoms with Gasteiger partial charge in [-0.15, -0.1) is 17.3 Å². The molecule has 0 bridgehead atoms. The van der Waals surface area contributed by atoms with Gasteiger partial charge in [-0.3, -0.25) is 4.79 Å². The number of thiazole rings is 1. The lowest BCUT2D eigenvalue weighted by Gasteiger charge is -2.47. The number of rotatable bonds is 5. The van der Waals surface area contributed by atoms with Crippen LogP contribution in [0.1, 0.15) is 42.7 Å². The lowest BCUT2D eigenvalue weighted by atomic mass is 9.77. The summed E-state index contributed by atoms with van der Waals surface area (Å²) in [4.78, 5) is 26.3. The molecule has 168 valence electrons. The number of ether oxygens (including phenoxy) is 2. The Balaban J connectivity index is 1.49. The summed E-state index contributed by atoms with van der Waals surface area (Å²) in [5.74, 6) is 7.35. The van der Waals surface area contributed by atoms with Crippen LogP contribution in [-0.2, 0) is 10.3 Å². The molecule has 1 amide bonds. The van der Waals surface area contributed by atoms with Crippen molar-refractivity contribution in [2.45, 2.75) is 38.3 Å². The molecule has 2 atom stereocenters. The van der Waals surface area contributed by atoms with E-state index in [1.54, 1.807) is 30.8 Å². The number of amides is 1. The molecule has 2 aliphatic rings. The number of pyridine rings is 1. The summed E-state index contributed by atoms with van der Waals surface area (Å²) in [6.45, 7) is 6.63. The van der Waals surface area contributed by atoms with Crippen LogP contribution in [0.2, 0.25) is 0 Å². The van der Waals surface area contributed by atoms with E-state index in [1.807, 2.05) is 5.38 Å². The fourth-order valence-electron chi connectivity index (χ4n) is 3.77. The van der Waals surface area contributed by atoms with E-state index < -0.39 is 5.54 Å². The van der Waals surface area contributed by atoms with Gasteiger partial charge in [0.15, 0.2) is 5.17 Å². The predicted octanol–water partition coefficient (Wildman–Crippen LogP) is 3.26. The number of nitrogens with zero attached hydrogens (tertiary/aromatic N) is 3. The predicted molar refractivity (Wildman–Crippen MR) is 127 cm³/mol. The number of thioether (sulfide) groups is 1. The number of nitrogens with one attached hydrogen (secondary N) is 1. The summed E-state index contributed by atoms with van der Waals surface area (Å²) in [6.07, 6.45) is 2.36. The molecule has 2 aromatic heterocycles. The van der Waals surface area contributed by atoms with Crippen LogP contribution in [0.5, 0.6) is 5.75 Å². The Kier molecular flexibility index (Phi) is 6.42. The third-order valence-corrected chi connectivity index (χ3v) is 7.38. The number of nitrogens with two attached hydrogens (primary N) is 1. The van der Waals surface area contributed by atoms with Gasteiger partial charge in [0.1, 0.15) is 34.4 Å². The van der Waals surface area contributed by atoms with E-state index in [9.17, 15) is 4.79 Å². The van der Waals surface area contributed by atoms with Crippen molar-refractivity contribution in [3.63, 3.8) is 0 Å². The van der Waals surface area contributed by atoms with E-state index in [0.29, 0.717) is 23.3 Å². The molecular weight excluding hydrogens is 446 g/mol. The molecule has 4 heterocycles. The third kappa shape index (κ3) is 4.75. The zero-order valence-electron chi connectivity index (χ0n) is 18.2. The number of fused-ring (bicyclic) bond motifs is 1. The molecule has 3 N–H and O–H groups in total. The monoisotopic (exact) mass is 471 g/mol. The van der Waals surface area contributed by atoms with Crippen LogP contribution in [0.25, 0.3) is 0 Å². The summed E-state index contributed by atoms with van der Waals surface area (Å²) in [6, 6.07) is 3.29. The van der Waals surface area contributed by atoms with Crippen molar-refractivity contribution in [3.8, 4) is 17.6 Å². The van der Waals surface area contributed by atoms with Crippen molar-refractivity contribution in [3.05, 3.63) is 34.4 Å². The van der Waals surface area contributed by atoms with E-state index in [1.165, 1.54) is 17.5 Å². The van der Waals surface area contributed by atoms with Gasteiger partial charge < -0.3 is 20.5 Å². The maximum atomic E-state index is 12.6. The Morgan fingerprint density at radius 3 is 3.03 bits per heavy atom. The largest absolute Gasteiger partial charge is 0.479 e. The zero-order chi connectivity index (χ0) is 22.8. The van der Waals surface area contributed by atoms with Crippen molar-refractivity contribution in [2.75, 3.05) is 24.3 Å². The van der Waals surface area contributed by atoms with Crippen molar-refractivity contribution < 1.29 is 14.3 Å². The minimum absolute atomic E-state index is 0.213. The molecule has 2 aromatic rings. The Morgan fingerprint density at radius 1 is 1.44 bits per heavy atom. The molecular formula is C22H25N5O3S2. The molecule has 0 aliphatic carbocycles. The van der Waals surface area contributed by atoms with Gasteiger partial charge in [-0.25, -0.2) is 15.0 Å². The van der Waals surface area contributed by atoms with Crippen LogP contribution in [0.15, 0.2) is 28.7 Å². The van der Waals surface area contributed by atoms with Crippen LogP contribution >= 0.6 is 23.1 Å². The molecule has 0 aromatic carbocycles. The first-order valence-corrected chi connectivity index (χ1v) is 12.1. The van der Waals surface area contributed by atoms with Crippen molar-refractivity contribution >= 4 is 40.0 Å². The molecule has 4 rings (SSSR count). The van der Waals surface area contributed by atoms with Gasteiger partial charge in [-0.05, 0) is 39.3 Å². The molecule has 1 fully saturated rings. The number of amidine groups is 1. The first-order valence-electron chi connectivity index (χ1n) is 10.2. The van der Waals surface area contributed by atoms with Crippen LogP contribution in [0.3, 0.4) is 0 Å². The topological polar surface area (TPSA) is 112 Å². The lowest BCUT2D eigenvalue weighted by Crippen LogP contribution is -2.52. The fraction of sp³-hybridized carbons (Fsp3) is 0.455. The van der Waals surface area contributed by atoms with Crippen LogP contribution in [0.4, 0.5) is 5.82 Å². The average molecular weight is 472 g/mol. The van der Waals surface area contributed by atoms with Gasteiger partial charge in [0.05, 0.1) is 18.4 Å². The van der Waals surface area contributed by atoms with Crippen molar-refractivity contribution in [2.24, 2.45) is 16.6 Å². The number of hydrogen-bond acceptors (Lipinski definition) is 9. The van der Waals surface area contributed by atoms with Crippen LogP contribution in [0, 0.1) is 17.8 Å². The lowest BCUT2D eigenvalue weighted by molar-refractivity contribution is -0.109. The van der Waals surface area contributed by atoms with E-state index in [-0.39, 0.29) is 29.7 Å². The van der Waals surface area contributed by atoms with Gasteiger partial charge in [0.25, 0.3) is 5.91 Å². The summed E-state index contributed by atoms with van der Waals surface area (Å²) in [5.41, 5.74) is 5.52. The van der Waals surface area contributed by atoms with Crippen LogP contribution in [-0.4, -0.2) is 45.6 Å². The highest BCUT2D eigenvalue weighted by molar-refractivity contribution is 8.13. The second-order valence-electron chi connectivity index (χ2n) is 8.22. The highest BCUT2D eigenvalue weighted by atomic mass is 32.2. The highest BCUT2D eigenvalue weighted by Gasteiger charge is 2.52. The number of carbonyl (C=O) groups excluding carboxylic acids is 1. The van der Waals surface area contributed by atoms with Gasteiger partial charge in [-0.2, -0.15) is 0 Å². The van der Waals surface area contributed by atoms with E-state index in [2.05, 4.69) is 36.0 Å². The molecule has 1 unspecified atom stereocenters. The fourth-order valence-corrected chi connectivity index (χ4v) is 5.72. The number of aromatic nitrogens is 2. The second-order valence-corrected chi connectivity index (χ2v) is 10.1. The van der Waals surface area contributed by atoms with E-state index >= 15 is 0 Å². The Hall–Kier alpha value is -2.61. The van der Waals surface area contributed by atoms with Gasteiger partial charge in [0, 0.05) is 17.1 Å². The van der Waals surface area contributed by atoms with E-state index in [4.69, 9.17) is 25.2 Å².